The molecule has 0 bridgehead atoms. The Balaban J connectivity index is 2.26. The van der Waals surface area contributed by atoms with Gasteiger partial charge in [0.25, 0.3) is 0 Å². The summed E-state index contributed by atoms with van der Waals surface area (Å²) < 4.78 is 13.7. The number of halogens is 3. The van der Waals surface area contributed by atoms with Crippen molar-refractivity contribution in [2.24, 2.45) is 0 Å². The first-order valence-corrected chi connectivity index (χ1v) is 6.90. The van der Waals surface area contributed by atoms with Gasteiger partial charge in [0.1, 0.15) is 5.82 Å². The van der Waals surface area contributed by atoms with Gasteiger partial charge in [0.05, 0.1) is 17.8 Å². The van der Waals surface area contributed by atoms with E-state index in [0.717, 1.165) is 0 Å². The molecule has 0 unspecified atom stereocenters. The summed E-state index contributed by atoms with van der Waals surface area (Å²) in [6.07, 6.45) is -0.159. The molecule has 0 aliphatic heterocycles. The van der Waals surface area contributed by atoms with Crippen molar-refractivity contribution in [3.8, 4) is 0 Å². The van der Waals surface area contributed by atoms with Crippen LogP contribution in [0.4, 0.5) is 15.8 Å². The maximum atomic E-state index is 13.7. The van der Waals surface area contributed by atoms with E-state index in [1.807, 2.05) is 0 Å². The Kier molecular flexibility index (Phi) is 4.70. The number of amides is 1. The summed E-state index contributed by atoms with van der Waals surface area (Å²) in [6, 6.07) is 9.12. The van der Waals surface area contributed by atoms with E-state index >= 15 is 0 Å². The van der Waals surface area contributed by atoms with Crippen LogP contribution in [0.15, 0.2) is 36.4 Å². The van der Waals surface area contributed by atoms with Crippen LogP contribution in [0.3, 0.4) is 0 Å². The van der Waals surface area contributed by atoms with Crippen molar-refractivity contribution in [1.82, 2.24) is 0 Å². The highest BCUT2D eigenvalue weighted by Crippen LogP contribution is 2.27. The predicted molar refractivity (Wildman–Crippen MR) is 84.4 cm³/mol. The van der Waals surface area contributed by atoms with E-state index < -0.39 is 5.82 Å². The second-order valence-corrected chi connectivity index (χ2v) is 5.38. The summed E-state index contributed by atoms with van der Waals surface area (Å²) in [4.78, 5) is 13.6. The van der Waals surface area contributed by atoms with E-state index in [1.165, 1.54) is 17.0 Å². The van der Waals surface area contributed by atoms with Gasteiger partial charge in [-0.2, -0.15) is 0 Å². The number of carbonyl (C=O) groups is 1. The Morgan fingerprint density at radius 1 is 1.29 bits per heavy atom. The first-order valence-electron chi connectivity index (χ1n) is 6.14. The molecule has 2 N–H and O–H groups in total. The average Bonchev–Trinajstić information content (AvgIpc) is 2.44. The second-order valence-electron chi connectivity index (χ2n) is 4.53. The Labute approximate surface area is 132 Å². The van der Waals surface area contributed by atoms with Crippen LogP contribution in [-0.4, -0.2) is 13.0 Å². The highest BCUT2D eigenvalue weighted by atomic mass is 35.5. The molecule has 2 aromatic rings. The van der Waals surface area contributed by atoms with Crippen LogP contribution in [0.25, 0.3) is 0 Å². The van der Waals surface area contributed by atoms with Crippen LogP contribution < -0.4 is 10.6 Å². The summed E-state index contributed by atoms with van der Waals surface area (Å²) in [5.74, 6) is -0.848. The van der Waals surface area contributed by atoms with E-state index in [4.69, 9.17) is 28.9 Å². The predicted octanol–water partition coefficient (Wildman–Crippen LogP) is 3.92. The number of carbonyl (C=O) groups excluding carboxylic acids is 1. The Morgan fingerprint density at radius 2 is 2.00 bits per heavy atom. The normalized spacial score (nSPS) is 10.5. The molecule has 0 aromatic heterocycles. The van der Waals surface area contributed by atoms with Gasteiger partial charge in [-0.3, -0.25) is 4.79 Å². The molecular weight excluding hydrogens is 314 g/mol. The maximum Gasteiger partial charge on any atom is 0.231 e. The molecule has 0 saturated heterocycles. The molecule has 0 heterocycles. The number of likely N-dealkylation sites (N-methyl/N-ethyl adjacent to an activating group) is 1. The molecule has 0 saturated carbocycles. The van der Waals surface area contributed by atoms with Crippen molar-refractivity contribution in [3.63, 3.8) is 0 Å². The van der Waals surface area contributed by atoms with Crippen LogP contribution in [0.1, 0.15) is 5.56 Å². The minimum absolute atomic E-state index is 0.159. The molecule has 0 spiro atoms. The van der Waals surface area contributed by atoms with Crippen LogP contribution in [-0.2, 0) is 11.2 Å². The van der Waals surface area contributed by atoms with Crippen molar-refractivity contribution < 1.29 is 9.18 Å². The smallest absolute Gasteiger partial charge is 0.231 e. The zero-order chi connectivity index (χ0) is 15.6. The average molecular weight is 327 g/mol. The summed E-state index contributed by atoms with van der Waals surface area (Å²) >= 11 is 11.8. The number of nitrogens with two attached hydrogens (primary N) is 1. The molecule has 2 aromatic carbocycles. The summed E-state index contributed by atoms with van der Waals surface area (Å²) in [5.41, 5.74) is 6.88. The quantitative estimate of drug-likeness (QED) is 0.869. The lowest BCUT2D eigenvalue weighted by Crippen LogP contribution is -2.29. The van der Waals surface area contributed by atoms with Gasteiger partial charge in [0.15, 0.2) is 0 Å². The molecule has 6 heteroatoms. The minimum Gasteiger partial charge on any atom is -0.397 e. The van der Waals surface area contributed by atoms with Gasteiger partial charge in [0.2, 0.25) is 5.91 Å². The number of hydrogen-bond acceptors (Lipinski definition) is 2. The van der Waals surface area contributed by atoms with E-state index in [1.54, 1.807) is 31.3 Å². The Hall–Kier alpha value is -1.78. The second kappa shape index (κ2) is 6.33. The Bertz CT molecular complexity index is 671. The molecule has 21 heavy (non-hydrogen) atoms. The summed E-state index contributed by atoms with van der Waals surface area (Å²) in [7, 11) is 1.55. The topological polar surface area (TPSA) is 46.3 Å². The summed E-state index contributed by atoms with van der Waals surface area (Å²) in [5, 5.41) is 0.679. The third kappa shape index (κ3) is 3.46. The van der Waals surface area contributed by atoms with Gasteiger partial charge in [-0.15, -0.1) is 0 Å². The standard InChI is InChI=1S/C15H13Cl2FN2O/c1-20(14-7-9(16)5-6-13(14)19)15(21)8-10-11(17)3-2-4-12(10)18/h2-7H,8,19H2,1H3. The molecule has 1 amide bonds. The van der Waals surface area contributed by atoms with E-state index in [-0.39, 0.29) is 22.9 Å². The molecule has 0 radical (unpaired) electrons. The summed E-state index contributed by atoms with van der Waals surface area (Å²) in [6.45, 7) is 0. The number of anilines is 2. The molecular formula is C15H13Cl2FN2O. The highest BCUT2D eigenvalue weighted by Gasteiger charge is 2.18. The van der Waals surface area contributed by atoms with Gasteiger partial charge in [-0.25, -0.2) is 4.39 Å². The maximum absolute atomic E-state index is 13.7. The van der Waals surface area contributed by atoms with E-state index in [0.29, 0.717) is 16.4 Å². The lowest BCUT2D eigenvalue weighted by molar-refractivity contribution is -0.117. The van der Waals surface area contributed by atoms with Crippen molar-refractivity contribution in [2.45, 2.75) is 6.42 Å². The zero-order valence-electron chi connectivity index (χ0n) is 11.2. The highest BCUT2D eigenvalue weighted by molar-refractivity contribution is 6.32. The van der Waals surface area contributed by atoms with E-state index in [2.05, 4.69) is 0 Å². The molecule has 0 fully saturated rings. The number of rotatable bonds is 3. The Morgan fingerprint density at radius 3 is 2.67 bits per heavy atom. The number of hydrogen-bond donors (Lipinski definition) is 1. The van der Waals surface area contributed by atoms with Crippen molar-refractivity contribution >= 4 is 40.5 Å². The molecule has 0 atom stereocenters. The monoisotopic (exact) mass is 326 g/mol. The van der Waals surface area contributed by atoms with Crippen LogP contribution >= 0.6 is 23.2 Å². The lowest BCUT2D eigenvalue weighted by Gasteiger charge is -2.20. The third-order valence-electron chi connectivity index (χ3n) is 3.12. The van der Waals surface area contributed by atoms with Crippen molar-refractivity contribution in [2.75, 3.05) is 17.7 Å². The molecule has 110 valence electrons. The van der Waals surface area contributed by atoms with Gasteiger partial charge < -0.3 is 10.6 Å². The van der Waals surface area contributed by atoms with Crippen LogP contribution in [0, 0.1) is 5.82 Å². The number of benzene rings is 2. The van der Waals surface area contributed by atoms with Gasteiger partial charge in [0, 0.05) is 22.7 Å². The van der Waals surface area contributed by atoms with Crippen molar-refractivity contribution in [3.05, 3.63) is 57.8 Å². The SMILES string of the molecule is CN(C(=O)Cc1c(F)cccc1Cl)c1cc(Cl)ccc1N. The fourth-order valence-corrected chi connectivity index (χ4v) is 2.31. The van der Waals surface area contributed by atoms with Crippen LogP contribution in [0.2, 0.25) is 10.0 Å². The third-order valence-corrected chi connectivity index (χ3v) is 3.71. The molecule has 2 rings (SSSR count). The van der Waals surface area contributed by atoms with Gasteiger partial charge >= 0.3 is 0 Å². The largest absolute Gasteiger partial charge is 0.397 e. The lowest BCUT2D eigenvalue weighted by atomic mass is 10.1. The van der Waals surface area contributed by atoms with E-state index in [9.17, 15) is 9.18 Å². The van der Waals surface area contributed by atoms with Crippen molar-refractivity contribution in [1.29, 1.82) is 0 Å². The minimum atomic E-state index is -0.511. The van der Waals surface area contributed by atoms with Gasteiger partial charge in [-0.05, 0) is 30.3 Å². The van der Waals surface area contributed by atoms with Gasteiger partial charge in [-0.1, -0.05) is 29.3 Å². The first-order chi connectivity index (χ1) is 9.90. The number of nitrogens with zero attached hydrogens (tertiary/aromatic N) is 1. The van der Waals surface area contributed by atoms with Crippen LogP contribution in [0.5, 0.6) is 0 Å². The number of nitrogen functional groups attached to an aromatic ring is 1. The molecule has 0 aliphatic rings. The fourth-order valence-electron chi connectivity index (χ4n) is 1.91. The molecule has 0 aliphatic carbocycles. The zero-order valence-corrected chi connectivity index (χ0v) is 12.7. The first kappa shape index (κ1) is 15.6. The molecule has 3 nitrogen and oxygen atoms in total. The fraction of sp³-hybridized carbons (Fsp3) is 0.133.